The fourth-order valence-corrected chi connectivity index (χ4v) is 5.41. The molecule has 0 unspecified atom stereocenters. The van der Waals surface area contributed by atoms with E-state index in [0.29, 0.717) is 5.92 Å². The highest BCUT2D eigenvalue weighted by Gasteiger charge is 2.19. The molecule has 1 aromatic heterocycles. The minimum atomic E-state index is 0.607. The predicted molar refractivity (Wildman–Crippen MR) is 152 cm³/mol. The third kappa shape index (κ3) is 16.0. The van der Waals surface area contributed by atoms with Crippen LogP contribution in [-0.4, -0.2) is 4.57 Å². The summed E-state index contributed by atoms with van der Waals surface area (Å²) in [6.45, 7) is 11.7. The molecule has 0 saturated carbocycles. The van der Waals surface area contributed by atoms with Crippen LogP contribution in [0.25, 0.3) is 0 Å². The number of imidazole rings is 1. The van der Waals surface area contributed by atoms with Crippen molar-refractivity contribution in [2.24, 2.45) is 0 Å². The molecule has 0 saturated heterocycles. The predicted octanol–water partition coefficient (Wildman–Crippen LogP) is 10.5. The first-order valence-electron chi connectivity index (χ1n) is 15.8. The lowest BCUT2D eigenvalue weighted by atomic mass is 10.0. The van der Waals surface area contributed by atoms with Crippen LogP contribution in [0.2, 0.25) is 0 Å². The van der Waals surface area contributed by atoms with Crippen molar-refractivity contribution in [2.45, 2.75) is 188 Å². The Morgan fingerprint density at radius 3 is 1.35 bits per heavy atom. The molecule has 0 aromatic carbocycles. The maximum atomic E-state index is 2.55. The molecule has 0 aliphatic rings. The topological polar surface area (TPSA) is 8.81 Å². The van der Waals surface area contributed by atoms with Crippen molar-refractivity contribution in [3.8, 4) is 0 Å². The van der Waals surface area contributed by atoms with Crippen molar-refractivity contribution in [2.75, 3.05) is 0 Å². The van der Waals surface area contributed by atoms with Gasteiger partial charge in [-0.25, -0.2) is 9.13 Å². The normalized spacial score (nSPS) is 11.7. The summed E-state index contributed by atoms with van der Waals surface area (Å²) in [7, 11) is 0. The molecule has 0 radical (unpaired) electrons. The van der Waals surface area contributed by atoms with Gasteiger partial charge in [0.05, 0.1) is 19.0 Å². The minimum absolute atomic E-state index is 0.607. The highest BCUT2D eigenvalue weighted by atomic mass is 15.1. The first-order valence-corrected chi connectivity index (χ1v) is 15.8. The van der Waals surface area contributed by atoms with Crippen molar-refractivity contribution in [3.05, 3.63) is 18.2 Å². The van der Waals surface area contributed by atoms with Gasteiger partial charge in [0.25, 0.3) is 5.82 Å². The van der Waals surface area contributed by atoms with Gasteiger partial charge in [-0.1, -0.05) is 143 Å². The lowest BCUT2D eigenvalue weighted by molar-refractivity contribution is -0.705. The maximum Gasteiger partial charge on any atom is 0.258 e. The summed E-state index contributed by atoms with van der Waals surface area (Å²) in [6.07, 6.45) is 36.0. The van der Waals surface area contributed by atoms with E-state index >= 15 is 0 Å². The standard InChI is InChI=1S/C32H63N2/c1-5-7-9-11-13-14-15-16-17-18-19-20-22-24-26-28-34-30-29-33(32(34)31(3)4)27-25-23-21-12-10-8-6-2/h29-31H,5-28H2,1-4H3/q+1. The SMILES string of the molecule is CCCCCCCCCCCCCCCCCn1cc[n+](CCCCCCCCC)c1C(C)C. The second kappa shape index (κ2) is 22.7. The molecule has 0 bridgehead atoms. The van der Waals surface area contributed by atoms with Crippen molar-refractivity contribution in [1.29, 1.82) is 0 Å². The van der Waals surface area contributed by atoms with E-state index < -0.39 is 0 Å². The monoisotopic (exact) mass is 475 g/mol. The average molecular weight is 476 g/mol. The van der Waals surface area contributed by atoms with Gasteiger partial charge in [-0.2, -0.15) is 0 Å². The maximum absolute atomic E-state index is 2.55. The second-order valence-corrected chi connectivity index (χ2v) is 11.3. The quantitative estimate of drug-likeness (QED) is 0.0981. The average Bonchev–Trinajstić information content (AvgIpc) is 3.24. The van der Waals surface area contributed by atoms with Gasteiger partial charge in [0.15, 0.2) is 0 Å². The van der Waals surface area contributed by atoms with Crippen molar-refractivity contribution < 1.29 is 4.57 Å². The molecule has 0 fully saturated rings. The third-order valence-electron chi connectivity index (χ3n) is 7.54. The summed E-state index contributed by atoms with van der Waals surface area (Å²) in [4.78, 5) is 0. The van der Waals surface area contributed by atoms with Crippen LogP contribution in [0.15, 0.2) is 12.4 Å². The van der Waals surface area contributed by atoms with E-state index in [1.54, 1.807) is 0 Å². The zero-order chi connectivity index (χ0) is 24.7. The van der Waals surface area contributed by atoms with Crippen LogP contribution in [0.5, 0.6) is 0 Å². The Balaban J connectivity index is 2.05. The third-order valence-corrected chi connectivity index (χ3v) is 7.54. The Kier molecular flexibility index (Phi) is 20.8. The molecule has 200 valence electrons. The van der Waals surface area contributed by atoms with Crippen LogP contribution in [0.4, 0.5) is 0 Å². The zero-order valence-corrected chi connectivity index (χ0v) is 24.1. The van der Waals surface area contributed by atoms with Gasteiger partial charge in [0.1, 0.15) is 12.4 Å². The lowest BCUT2D eigenvalue weighted by Crippen LogP contribution is -2.38. The van der Waals surface area contributed by atoms with Gasteiger partial charge in [-0.3, -0.25) is 0 Å². The van der Waals surface area contributed by atoms with E-state index in [2.05, 4.69) is 49.2 Å². The van der Waals surface area contributed by atoms with E-state index in [9.17, 15) is 0 Å². The molecule has 0 amide bonds. The Bertz CT molecular complexity index is 545. The summed E-state index contributed by atoms with van der Waals surface area (Å²) in [5.74, 6) is 2.15. The summed E-state index contributed by atoms with van der Waals surface area (Å²) >= 11 is 0. The van der Waals surface area contributed by atoms with Crippen molar-refractivity contribution in [1.82, 2.24) is 4.57 Å². The second-order valence-electron chi connectivity index (χ2n) is 11.3. The summed E-state index contributed by atoms with van der Waals surface area (Å²) < 4.78 is 5.09. The number of hydrogen-bond acceptors (Lipinski definition) is 0. The molecule has 0 spiro atoms. The summed E-state index contributed by atoms with van der Waals surface area (Å²) in [5.41, 5.74) is 0. The van der Waals surface area contributed by atoms with Crippen molar-refractivity contribution in [3.63, 3.8) is 0 Å². The van der Waals surface area contributed by atoms with Gasteiger partial charge in [0.2, 0.25) is 0 Å². The van der Waals surface area contributed by atoms with Crippen LogP contribution in [0, 0.1) is 0 Å². The largest absolute Gasteiger partial charge is 0.258 e. The smallest absolute Gasteiger partial charge is 0.234 e. The van der Waals surface area contributed by atoms with Crippen LogP contribution in [0.3, 0.4) is 0 Å². The molecule has 1 heterocycles. The molecule has 0 atom stereocenters. The molecule has 34 heavy (non-hydrogen) atoms. The van der Waals surface area contributed by atoms with Gasteiger partial charge >= 0.3 is 0 Å². The van der Waals surface area contributed by atoms with E-state index in [-0.39, 0.29) is 0 Å². The van der Waals surface area contributed by atoms with Crippen LogP contribution in [0.1, 0.15) is 181 Å². The van der Waals surface area contributed by atoms with Gasteiger partial charge in [-0.15, -0.1) is 0 Å². The molecule has 1 rings (SSSR count). The number of unbranched alkanes of at least 4 members (excludes halogenated alkanes) is 20. The lowest BCUT2D eigenvalue weighted by Gasteiger charge is -2.08. The van der Waals surface area contributed by atoms with Crippen LogP contribution < -0.4 is 4.57 Å². The Morgan fingerprint density at radius 1 is 0.559 bits per heavy atom. The summed E-state index contributed by atoms with van der Waals surface area (Å²) in [5, 5.41) is 0. The molecule has 0 aliphatic carbocycles. The Hall–Kier alpha value is -0.790. The van der Waals surface area contributed by atoms with Gasteiger partial charge in [0, 0.05) is 0 Å². The number of aromatic nitrogens is 2. The first-order chi connectivity index (χ1) is 16.7. The molecule has 2 nitrogen and oxygen atoms in total. The molecule has 2 heteroatoms. The number of aryl methyl sites for hydroxylation is 2. The number of nitrogens with zero attached hydrogens (tertiary/aromatic N) is 2. The summed E-state index contributed by atoms with van der Waals surface area (Å²) in [6, 6.07) is 0. The van der Waals surface area contributed by atoms with E-state index in [4.69, 9.17) is 0 Å². The molecular weight excluding hydrogens is 412 g/mol. The zero-order valence-electron chi connectivity index (χ0n) is 24.1. The number of hydrogen-bond donors (Lipinski definition) is 0. The Morgan fingerprint density at radius 2 is 0.941 bits per heavy atom. The number of rotatable bonds is 25. The fraction of sp³-hybridized carbons (Fsp3) is 0.906. The van der Waals surface area contributed by atoms with E-state index in [0.717, 1.165) is 0 Å². The molecular formula is C32H63N2+. The molecule has 0 N–H and O–H groups in total. The fourth-order valence-electron chi connectivity index (χ4n) is 5.41. The van der Waals surface area contributed by atoms with Gasteiger partial charge < -0.3 is 0 Å². The molecule has 0 aliphatic heterocycles. The highest BCUT2D eigenvalue weighted by Crippen LogP contribution is 2.16. The van der Waals surface area contributed by atoms with Crippen molar-refractivity contribution >= 4 is 0 Å². The highest BCUT2D eigenvalue weighted by molar-refractivity contribution is 4.89. The van der Waals surface area contributed by atoms with Crippen LogP contribution in [-0.2, 0) is 13.1 Å². The first kappa shape index (κ1) is 31.2. The Labute approximate surface area is 215 Å². The van der Waals surface area contributed by atoms with Crippen LogP contribution >= 0.6 is 0 Å². The molecule has 1 aromatic rings. The van der Waals surface area contributed by atoms with E-state index in [1.165, 1.54) is 160 Å². The van der Waals surface area contributed by atoms with Gasteiger partial charge in [-0.05, 0) is 25.7 Å². The van der Waals surface area contributed by atoms with E-state index in [1.807, 2.05) is 0 Å². The minimum Gasteiger partial charge on any atom is -0.234 e.